The van der Waals surface area contributed by atoms with Gasteiger partial charge in [0.05, 0.1) is 17.6 Å². The van der Waals surface area contributed by atoms with Crippen LogP contribution in [0.25, 0.3) is 0 Å². The number of ketones is 1. The van der Waals surface area contributed by atoms with Gasteiger partial charge in [-0.1, -0.05) is 0 Å². The highest BCUT2D eigenvalue weighted by Crippen LogP contribution is 2.18. The lowest BCUT2D eigenvalue weighted by atomic mass is 10.1. The Labute approximate surface area is 154 Å². The highest BCUT2D eigenvalue weighted by molar-refractivity contribution is 6.03. The number of Topliss-reactive ketones (excluding diaryl/α,β-unsaturated/α-hetero) is 1. The molecule has 3 aromatic rings. The van der Waals surface area contributed by atoms with Crippen molar-refractivity contribution < 1.29 is 18.4 Å². The van der Waals surface area contributed by atoms with Crippen LogP contribution in [0.2, 0.25) is 0 Å². The van der Waals surface area contributed by atoms with Gasteiger partial charge in [-0.15, -0.1) is 0 Å². The number of hydrogen-bond donors (Lipinski definition) is 2. The summed E-state index contributed by atoms with van der Waals surface area (Å²) in [6.45, 7) is 1.49. The molecule has 27 heavy (non-hydrogen) atoms. The van der Waals surface area contributed by atoms with Crippen molar-refractivity contribution in [2.45, 2.75) is 6.92 Å². The van der Waals surface area contributed by atoms with Crippen LogP contribution in [-0.4, -0.2) is 16.7 Å². The Balaban J connectivity index is 1.67. The van der Waals surface area contributed by atoms with E-state index < -0.39 is 17.5 Å². The van der Waals surface area contributed by atoms with Crippen molar-refractivity contribution in [1.82, 2.24) is 4.98 Å². The highest BCUT2D eigenvalue weighted by Gasteiger charge is 2.11. The molecule has 0 saturated carbocycles. The normalized spacial score (nSPS) is 10.3. The zero-order valence-corrected chi connectivity index (χ0v) is 14.3. The van der Waals surface area contributed by atoms with Crippen LogP contribution in [0.4, 0.5) is 25.8 Å². The van der Waals surface area contributed by atoms with Crippen LogP contribution in [0.15, 0.2) is 60.8 Å². The maximum absolute atomic E-state index is 13.6. The van der Waals surface area contributed by atoms with Gasteiger partial charge >= 0.3 is 0 Å². The van der Waals surface area contributed by atoms with Crippen molar-refractivity contribution in [3.05, 3.63) is 83.7 Å². The van der Waals surface area contributed by atoms with Gasteiger partial charge in [-0.2, -0.15) is 0 Å². The fourth-order valence-corrected chi connectivity index (χ4v) is 2.33. The molecular formula is C20H15F2N3O2. The van der Waals surface area contributed by atoms with E-state index in [-0.39, 0.29) is 17.2 Å². The lowest BCUT2D eigenvalue weighted by Crippen LogP contribution is -2.14. The quantitative estimate of drug-likeness (QED) is 0.649. The zero-order chi connectivity index (χ0) is 19.4. The fourth-order valence-electron chi connectivity index (χ4n) is 2.33. The van der Waals surface area contributed by atoms with Crippen molar-refractivity contribution >= 4 is 28.8 Å². The van der Waals surface area contributed by atoms with Gasteiger partial charge in [0.2, 0.25) is 0 Å². The smallest absolute Gasteiger partial charge is 0.274 e. The summed E-state index contributed by atoms with van der Waals surface area (Å²) in [5.41, 5.74) is 1.95. The van der Waals surface area contributed by atoms with Gasteiger partial charge in [-0.05, 0) is 55.5 Å². The van der Waals surface area contributed by atoms with Gasteiger partial charge in [0.15, 0.2) is 5.78 Å². The number of nitrogens with one attached hydrogen (secondary N) is 2. The predicted octanol–water partition coefficient (Wildman–Crippen LogP) is 4.56. The first kappa shape index (κ1) is 18.2. The van der Waals surface area contributed by atoms with Crippen LogP contribution in [0.1, 0.15) is 27.8 Å². The minimum absolute atomic E-state index is 0.0174. The second kappa shape index (κ2) is 7.74. The SMILES string of the molecule is CC(=O)c1ccc(Nc2ccc(C(=O)Nc3ccc(F)cc3F)nc2)cc1. The monoisotopic (exact) mass is 367 g/mol. The molecule has 0 fully saturated rings. The molecule has 0 atom stereocenters. The summed E-state index contributed by atoms with van der Waals surface area (Å²) in [6.07, 6.45) is 1.45. The standard InChI is InChI=1S/C20H15F2N3O2/c1-12(26)13-2-5-15(6-3-13)24-16-7-9-19(23-11-16)20(27)25-18-8-4-14(21)10-17(18)22/h2-11,24H,1H3,(H,25,27). The minimum atomic E-state index is -0.865. The number of hydrogen-bond acceptors (Lipinski definition) is 4. The lowest BCUT2D eigenvalue weighted by molar-refractivity contribution is 0.101. The second-order valence-electron chi connectivity index (χ2n) is 5.77. The van der Waals surface area contributed by atoms with E-state index in [2.05, 4.69) is 15.6 Å². The second-order valence-corrected chi connectivity index (χ2v) is 5.77. The van der Waals surface area contributed by atoms with Crippen molar-refractivity contribution in [2.24, 2.45) is 0 Å². The van der Waals surface area contributed by atoms with Crippen LogP contribution in [0, 0.1) is 11.6 Å². The maximum atomic E-state index is 13.6. The summed E-state index contributed by atoms with van der Waals surface area (Å²) in [7, 11) is 0. The van der Waals surface area contributed by atoms with Crippen molar-refractivity contribution in [1.29, 1.82) is 0 Å². The predicted molar refractivity (Wildman–Crippen MR) is 98.3 cm³/mol. The lowest BCUT2D eigenvalue weighted by Gasteiger charge is -2.08. The van der Waals surface area contributed by atoms with Crippen LogP contribution in [-0.2, 0) is 0 Å². The van der Waals surface area contributed by atoms with Gasteiger partial charge in [0, 0.05) is 17.3 Å². The van der Waals surface area contributed by atoms with Gasteiger partial charge in [-0.3, -0.25) is 9.59 Å². The summed E-state index contributed by atoms with van der Waals surface area (Å²) in [5, 5.41) is 5.44. The number of pyridine rings is 1. The minimum Gasteiger partial charge on any atom is -0.354 e. The molecular weight excluding hydrogens is 352 g/mol. The average Bonchev–Trinajstić information content (AvgIpc) is 2.65. The number of aromatic nitrogens is 1. The molecule has 5 nitrogen and oxygen atoms in total. The van der Waals surface area contributed by atoms with Crippen LogP contribution >= 0.6 is 0 Å². The molecule has 2 aromatic carbocycles. The summed E-state index contributed by atoms with van der Waals surface area (Å²) in [6, 6.07) is 12.9. The van der Waals surface area contributed by atoms with E-state index >= 15 is 0 Å². The number of rotatable bonds is 5. The Bertz CT molecular complexity index is 987. The van der Waals surface area contributed by atoms with Crippen LogP contribution < -0.4 is 10.6 Å². The number of carbonyl (C=O) groups excluding carboxylic acids is 2. The summed E-state index contributed by atoms with van der Waals surface area (Å²) < 4.78 is 26.5. The number of carbonyl (C=O) groups is 2. The number of anilines is 3. The van der Waals surface area contributed by atoms with Gasteiger partial charge in [0.25, 0.3) is 5.91 Å². The van der Waals surface area contributed by atoms with Crippen molar-refractivity contribution in [3.63, 3.8) is 0 Å². The van der Waals surface area contributed by atoms with Gasteiger partial charge < -0.3 is 10.6 Å². The van der Waals surface area contributed by atoms with Crippen LogP contribution in [0.3, 0.4) is 0 Å². The number of benzene rings is 2. The molecule has 1 aromatic heterocycles. The highest BCUT2D eigenvalue weighted by atomic mass is 19.1. The molecule has 0 saturated heterocycles. The zero-order valence-electron chi connectivity index (χ0n) is 14.3. The molecule has 0 aliphatic heterocycles. The molecule has 0 unspecified atom stereocenters. The summed E-state index contributed by atoms with van der Waals surface area (Å²) >= 11 is 0. The first-order chi connectivity index (χ1) is 12.9. The van der Waals surface area contributed by atoms with E-state index in [0.717, 1.165) is 17.8 Å². The molecule has 7 heteroatoms. The maximum Gasteiger partial charge on any atom is 0.274 e. The van der Waals surface area contributed by atoms with E-state index in [1.165, 1.54) is 19.2 Å². The van der Waals surface area contributed by atoms with E-state index in [4.69, 9.17) is 0 Å². The van der Waals surface area contributed by atoms with E-state index in [1.807, 2.05) is 0 Å². The summed E-state index contributed by atoms with van der Waals surface area (Å²) in [5.74, 6) is -2.22. The Morgan fingerprint density at radius 2 is 1.63 bits per heavy atom. The Kier molecular flexibility index (Phi) is 5.21. The Morgan fingerprint density at radius 3 is 2.22 bits per heavy atom. The molecule has 0 spiro atoms. The van der Waals surface area contributed by atoms with E-state index in [1.54, 1.807) is 30.3 Å². The number of nitrogens with zero attached hydrogens (tertiary/aromatic N) is 1. The van der Waals surface area contributed by atoms with Crippen LogP contribution in [0.5, 0.6) is 0 Å². The molecule has 0 radical (unpaired) electrons. The molecule has 1 heterocycles. The topological polar surface area (TPSA) is 71.1 Å². The molecule has 1 amide bonds. The molecule has 0 aliphatic rings. The largest absolute Gasteiger partial charge is 0.354 e. The van der Waals surface area contributed by atoms with Crippen molar-refractivity contribution in [3.8, 4) is 0 Å². The van der Waals surface area contributed by atoms with Crippen molar-refractivity contribution in [2.75, 3.05) is 10.6 Å². The average molecular weight is 367 g/mol. The number of halogens is 2. The first-order valence-corrected chi connectivity index (χ1v) is 8.03. The van der Waals surface area contributed by atoms with E-state index in [0.29, 0.717) is 17.3 Å². The fraction of sp³-hybridized carbons (Fsp3) is 0.0500. The van der Waals surface area contributed by atoms with Gasteiger partial charge in [-0.25, -0.2) is 13.8 Å². The third kappa shape index (κ3) is 4.52. The molecule has 2 N–H and O–H groups in total. The molecule has 3 rings (SSSR count). The Morgan fingerprint density at radius 1 is 0.926 bits per heavy atom. The molecule has 0 bridgehead atoms. The molecule has 136 valence electrons. The Hall–Kier alpha value is -3.61. The van der Waals surface area contributed by atoms with Gasteiger partial charge in [0.1, 0.15) is 17.3 Å². The first-order valence-electron chi connectivity index (χ1n) is 8.03. The summed E-state index contributed by atoms with van der Waals surface area (Å²) in [4.78, 5) is 27.4. The third-order valence-corrected chi connectivity index (χ3v) is 3.76. The molecule has 0 aliphatic carbocycles. The number of amides is 1. The van der Waals surface area contributed by atoms with E-state index in [9.17, 15) is 18.4 Å². The third-order valence-electron chi connectivity index (χ3n) is 3.76.